The normalized spacial score (nSPS) is 12.3. The summed E-state index contributed by atoms with van der Waals surface area (Å²) < 4.78 is 6.54. The molecule has 26 heavy (non-hydrogen) atoms. The van der Waals surface area contributed by atoms with Gasteiger partial charge in [-0.2, -0.15) is 0 Å². The van der Waals surface area contributed by atoms with E-state index in [1.807, 2.05) is 61.3 Å². The number of hydrogen-bond donors (Lipinski definition) is 1. The van der Waals surface area contributed by atoms with Gasteiger partial charge in [-0.3, -0.25) is 9.69 Å². The van der Waals surface area contributed by atoms with Crippen molar-refractivity contribution in [3.8, 4) is 5.75 Å². The van der Waals surface area contributed by atoms with Crippen LogP contribution >= 0.6 is 11.3 Å². The number of ether oxygens (including phenoxy) is 1. The minimum atomic E-state index is -0.116. The molecule has 0 saturated carbocycles. The lowest BCUT2D eigenvalue weighted by molar-refractivity contribution is -0.122. The highest BCUT2D eigenvalue weighted by Gasteiger charge is 2.15. The van der Waals surface area contributed by atoms with Gasteiger partial charge >= 0.3 is 0 Å². The first-order valence-corrected chi connectivity index (χ1v) is 9.33. The van der Waals surface area contributed by atoms with Gasteiger partial charge in [0.15, 0.2) is 0 Å². The SMILES string of the molecule is COc1ccccc1C(C)NC(=O)CN(C)Cc1nc2ccccc2s1. The molecule has 0 fully saturated rings. The van der Waals surface area contributed by atoms with Gasteiger partial charge in [0.1, 0.15) is 10.8 Å². The molecule has 0 saturated heterocycles. The van der Waals surface area contributed by atoms with Crippen LogP contribution in [0.15, 0.2) is 48.5 Å². The second-order valence-electron chi connectivity index (χ2n) is 6.28. The van der Waals surface area contributed by atoms with E-state index >= 15 is 0 Å². The number of carbonyl (C=O) groups is 1. The number of carbonyl (C=O) groups excluding carboxylic acids is 1. The van der Waals surface area contributed by atoms with Crippen molar-refractivity contribution in [2.45, 2.75) is 19.5 Å². The zero-order valence-electron chi connectivity index (χ0n) is 15.2. The average Bonchev–Trinajstić information content (AvgIpc) is 3.03. The Morgan fingerprint density at radius 3 is 2.73 bits per heavy atom. The van der Waals surface area contributed by atoms with E-state index < -0.39 is 0 Å². The number of rotatable bonds is 7. The van der Waals surface area contributed by atoms with Crippen molar-refractivity contribution in [1.82, 2.24) is 15.2 Å². The molecule has 1 N–H and O–H groups in total. The van der Waals surface area contributed by atoms with Crippen LogP contribution in [-0.4, -0.2) is 36.5 Å². The third-order valence-electron chi connectivity index (χ3n) is 4.14. The molecule has 136 valence electrons. The Kier molecular flexibility index (Phi) is 5.85. The molecule has 0 bridgehead atoms. The average molecular weight is 369 g/mol. The van der Waals surface area contributed by atoms with Crippen LogP contribution in [0.2, 0.25) is 0 Å². The first-order valence-electron chi connectivity index (χ1n) is 8.52. The van der Waals surface area contributed by atoms with Crippen LogP contribution < -0.4 is 10.1 Å². The highest BCUT2D eigenvalue weighted by Crippen LogP contribution is 2.24. The standard InChI is InChI=1S/C20H23N3O2S/c1-14(15-8-4-6-10-17(15)25-3)21-19(24)12-23(2)13-20-22-16-9-5-7-11-18(16)26-20/h4-11,14H,12-13H2,1-3H3,(H,21,24). The molecule has 2 aromatic carbocycles. The molecule has 3 aromatic rings. The van der Waals surface area contributed by atoms with Gasteiger partial charge in [-0.1, -0.05) is 30.3 Å². The molecular weight excluding hydrogens is 346 g/mol. The van der Waals surface area contributed by atoms with Crippen LogP contribution in [0, 0.1) is 0 Å². The second-order valence-corrected chi connectivity index (χ2v) is 7.39. The molecule has 0 radical (unpaired) electrons. The number of nitrogens with one attached hydrogen (secondary N) is 1. The van der Waals surface area contributed by atoms with E-state index in [0.717, 1.165) is 21.8 Å². The number of nitrogens with zero attached hydrogens (tertiary/aromatic N) is 2. The van der Waals surface area contributed by atoms with Crippen LogP contribution in [0.3, 0.4) is 0 Å². The number of para-hydroxylation sites is 2. The Hall–Kier alpha value is -2.44. The molecule has 3 rings (SSSR count). The lowest BCUT2D eigenvalue weighted by Crippen LogP contribution is -2.36. The Morgan fingerprint density at radius 1 is 1.23 bits per heavy atom. The Labute approximate surface area is 157 Å². The first kappa shape index (κ1) is 18.4. The Balaban J connectivity index is 1.57. The van der Waals surface area contributed by atoms with Gasteiger partial charge in [0, 0.05) is 5.56 Å². The summed E-state index contributed by atoms with van der Waals surface area (Å²) in [5, 5.41) is 4.05. The number of fused-ring (bicyclic) bond motifs is 1. The maximum absolute atomic E-state index is 12.4. The summed E-state index contributed by atoms with van der Waals surface area (Å²) in [7, 11) is 3.57. The number of hydrogen-bond acceptors (Lipinski definition) is 5. The summed E-state index contributed by atoms with van der Waals surface area (Å²) >= 11 is 1.67. The second kappa shape index (κ2) is 8.29. The number of likely N-dealkylation sites (N-methyl/N-ethyl adjacent to an activating group) is 1. The number of benzene rings is 2. The smallest absolute Gasteiger partial charge is 0.234 e. The van der Waals surface area contributed by atoms with Gasteiger partial charge in [-0.25, -0.2) is 4.98 Å². The predicted octanol–water partition coefficient (Wildman–Crippen LogP) is 3.61. The number of methoxy groups -OCH3 is 1. The molecule has 0 aliphatic rings. The summed E-state index contributed by atoms with van der Waals surface area (Å²) in [5.74, 6) is 0.759. The zero-order chi connectivity index (χ0) is 18.5. The van der Waals surface area contributed by atoms with Gasteiger partial charge in [-0.15, -0.1) is 11.3 Å². The van der Waals surface area contributed by atoms with Gasteiger partial charge in [-0.05, 0) is 32.2 Å². The molecule has 5 nitrogen and oxygen atoms in total. The molecule has 1 heterocycles. The molecule has 0 aliphatic heterocycles. The molecule has 0 aliphatic carbocycles. The van der Waals surface area contributed by atoms with Crippen molar-refractivity contribution in [3.63, 3.8) is 0 Å². The maximum Gasteiger partial charge on any atom is 0.234 e. The lowest BCUT2D eigenvalue weighted by atomic mass is 10.1. The molecule has 1 amide bonds. The fraction of sp³-hybridized carbons (Fsp3) is 0.300. The summed E-state index contributed by atoms with van der Waals surface area (Å²) in [6, 6.07) is 15.7. The van der Waals surface area contributed by atoms with Gasteiger partial charge in [0.25, 0.3) is 0 Å². The Morgan fingerprint density at radius 2 is 1.96 bits per heavy atom. The third-order valence-corrected chi connectivity index (χ3v) is 5.16. The highest BCUT2D eigenvalue weighted by molar-refractivity contribution is 7.18. The zero-order valence-corrected chi connectivity index (χ0v) is 16.0. The summed E-state index contributed by atoms with van der Waals surface area (Å²) in [4.78, 5) is 19.0. The first-order chi connectivity index (χ1) is 12.6. The van der Waals surface area contributed by atoms with Crippen molar-refractivity contribution in [3.05, 3.63) is 59.1 Å². The van der Waals surface area contributed by atoms with Crippen LogP contribution in [0.5, 0.6) is 5.75 Å². The minimum Gasteiger partial charge on any atom is -0.496 e. The van der Waals surface area contributed by atoms with Crippen molar-refractivity contribution >= 4 is 27.5 Å². The molecule has 1 unspecified atom stereocenters. The Bertz CT molecular complexity index is 860. The van der Waals surface area contributed by atoms with Crippen LogP contribution in [0.25, 0.3) is 10.2 Å². The van der Waals surface area contributed by atoms with Gasteiger partial charge in [0.2, 0.25) is 5.91 Å². The van der Waals surface area contributed by atoms with Crippen molar-refractivity contribution in [1.29, 1.82) is 0 Å². The summed E-state index contributed by atoms with van der Waals surface area (Å²) in [6.07, 6.45) is 0. The van der Waals surface area contributed by atoms with E-state index in [1.54, 1.807) is 18.4 Å². The fourth-order valence-electron chi connectivity index (χ4n) is 2.91. The number of thiazole rings is 1. The quantitative estimate of drug-likeness (QED) is 0.691. The molecule has 6 heteroatoms. The molecular formula is C20H23N3O2S. The minimum absolute atomic E-state index is 0.0213. The van der Waals surface area contributed by atoms with Crippen molar-refractivity contribution < 1.29 is 9.53 Å². The predicted molar refractivity (Wildman–Crippen MR) is 106 cm³/mol. The van der Waals surface area contributed by atoms with Crippen LogP contribution in [0.1, 0.15) is 23.5 Å². The van der Waals surface area contributed by atoms with E-state index in [-0.39, 0.29) is 11.9 Å². The molecule has 1 aromatic heterocycles. The fourth-order valence-corrected chi connectivity index (χ4v) is 3.96. The highest BCUT2D eigenvalue weighted by atomic mass is 32.1. The lowest BCUT2D eigenvalue weighted by Gasteiger charge is -2.20. The van der Waals surface area contributed by atoms with Gasteiger partial charge < -0.3 is 10.1 Å². The molecule has 1 atom stereocenters. The van der Waals surface area contributed by atoms with Crippen molar-refractivity contribution in [2.75, 3.05) is 20.7 Å². The number of aromatic nitrogens is 1. The van der Waals surface area contributed by atoms with Crippen LogP contribution in [-0.2, 0) is 11.3 Å². The summed E-state index contributed by atoms with van der Waals surface area (Å²) in [5.41, 5.74) is 1.98. The van der Waals surface area contributed by atoms with Crippen molar-refractivity contribution in [2.24, 2.45) is 0 Å². The van der Waals surface area contributed by atoms with Crippen LogP contribution in [0.4, 0.5) is 0 Å². The monoisotopic (exact) mass is 369 g/mol. The summed E-state index contributed by atoms with van der Waals surface area (Å²) in [6.45, 7) is 2.93. The molecule has 0 spiro atoms. The van der Waals surface area contributed by atoms with E-state index in [2.05, 4.69) is 16.4 Å². The largest absolute Gasteiger partial charge is 0.496 e. The van der Waals surface area contributed by atoms with Gasteiger partial charge in [0.05, 0.1) is 36.5 Å². The maximum atomic E-state index is 12.4. The van der Waals surface area contributed by atoms with E-state index in [4.69, 9.17) is 4.74 Å². The van der Waals surface area contributed by atoms with E-state index in [0.29, 0.717) is 13.1 Å². The van der Waals surface area contributed by atoms with E-state index in [1.165, 1.54) is 4.70 Å². The number of amides is 1. The topological polar surface area (TPSA) is 54.5 Å². The third kappa shape index (κ3) is 4.39. The van der Waals surface area contributed by atoms with E-state index in [9.17, 15) is 4.79 Å².